The van der Waals surface area contributed by atoms with Crippen molar-refractivity contribution in [1.82, 2.24) is 23.9 Å². The normalized spacial score (nSPS) is 20.5. The average Bonchev–Trinajstić information content (AvgIpc) is 3.02. The quantitative estimate of drug-likeness (QED) is 0.500. The number of piperidine rings is 1. The number of β-amino-alcohol motifs (C(OH)–C–C–N with tert-alkyl or cyclic N) is 1. The molecule has 3 aromatic rings. The Morgan fingerprint density at radius 1 is 1.11 bits per heavy atom. The van der Waals surface area contributed by atoms with Gasteiger partial charge in [0, 0.05) is 19.0 Å². The molecule has 1 saturated carbocycles. The van der Waals surface area contributed by atoms with Crippen molar-refractivity contribution < 1.29 is 18.3 Å². The molecule has 3 heterocycles. The number of aromatic amines is 1. The molecule has 1 aromatic carbocycles. The highest BCUT2D eigenvalue weighted by Crippen LogP contribution is 2.34. The van der Waals surface area contributed by atoms with E-state index < -0.39 is 16.1 Å². The smallest absolute Gasteiger partial charge is 0.277 e. The number of rotatable bonds is 5. The number of benzene rings is 1. The van der Waals surface area contributed by atoms with Crippen molar-refractivity contribution in [3.05, 3.63) is 40.1 Å². The van der Waals surface area contributed by atoms with Gasteiger partial charge in [0.15, 0.2) is 11.3 Å². The molecule has 0 amide bonds. The predicted molar refractivity (Wildman–Crippen MR) is 135 cm³/mol. The van der Waals surface area contributed by atoms with Crippen LogP contribution in [0.3, 0.4) is 0 Å². The molecule has 1 saturated heterocycles. The number of aliphatic hydroxyl groups excluding tert-OH is 1. The van der Waals surface area contributed by atoms with E-state index in [2.05, 4.69) is 4.98 Å². The number of sulfonamides is 1. The summed E-state index contributed by atoms with van der Waals surface area (Å²) in [6.07, 6.45) is 7.13. The van der Waals surface area contributed by atoms with Crippen molar-refractivity contribution in [2.75, 3.05) is 20.2 Å². The van der Waals surface area contributed by atoms with Crippen molar-refractivity contribution >= 4 is 15.5 Å². The van der Waals surface area contributed by atoms with E-state index in [1.54, 1.807) is 10.6 Å². The van der Waals surface area contributed by atoms with Crippen LogP contribution >= 0.6 is 0 Å². The second-order valence-corrected chi connectivity index (χ2v) is 11.8. The minimum atomic E-state index is -3.85. The highest BCUT2D eigenvalue weighted by atomic mass is 32.2. The number of aryl methyl sites for hydroxylation is 1. The molecular weight excluding hydrogens is 482 g/mol. The van der Waals surface area contributed by atoms with Gasteiger partial charge in [-0.25, -0.2) is 17.9 Å². The van der Waals surface area contributed by atoms with E-state index in [0.717, 1.165) is 31.5 Å². The summed E-state index contributed by atoms with van der Waals surface area (Å²) in [5, 5.41) is 14.8. The summed E-state index contributed by atoms with van der Waals surface area (Å²) in [4.78, 5) is 20.8. The molecule has 0 spiro atoms. The number of hydrogen-bond donors (Lipinski definition) is 2. The summed E-state index contributed by atoms with van der Waals surface area (Å²) >= 11 is 0. The van der Waals surface area contributed by atoms with Gasteiger partial charge in [-0.2, -0.15) is 4.31 Å². The molecule has 2 aromatic heterocycles. The second kappa shape index (κ2) is 9.95. The number of nitrogens with one attached hydrogen (secondary N) is 1. The maximum absolute atomic E-state index is 13.4. The highest BCUT2D eigenvalue weighted by molar-refractivity contribution is 7.89. The summed E-state index contributed by atoms with van der Waals surface area (Å²) in [5.41, 5.74) is 1.07. The van der Waals surface area contributed by atoms with Gasteiger partial charge >= 0.3 is 0 Å². The SMILES string of the molecule is COc1ccc(S(=O)(=O)N2CCCC(O)C2)cc1-c1nn2c(C3CCCCCC3)nc(C)c2c(=O)[nH]1. The Balaban J connectivity index is 1.62. The summed E-state index contributed by atoms with van der Waals surface area (Å²) in [5.74, 6) is 1.60. The highest BCUT2D eigenvalue weighted by Gasteiger charge is 2.31. The van der Waals surface area contributed by atoms with E-state index in [1.165, 1.54) is 36.4 Å². The summed E-state index contributed by atoms with van der Waals surface area (Å²) in [6, 6.07) is 4.53. The number of H-pyrrole nitrogens is 1. The summed E-state index contributed by atoms with van der Waals surface area (Å²) in [7, 11) is -2.36. The maximum atomic E-state index is 13.4. The van der Waals surface area contributed by atoms with Gasteiger partial charge in [-0.05, 0) is 50.8 Å². The lowest BCUT2D eigenvalue weighted by Crippen LogP contribution is -2.42. The topological polar surface area (TPSA) is 130 Å². The van der Waals surface area contributed by atoms with Crippen molar-refractivity contribution in [2.24, 2.45) is 0 Å². The van der Waals surface area contributed by atoms with Crippen LogP contribution in [0, 0.1) is 6.92 Å². The van der Waals surface area contributed by atoms with Gasteiger partial charge in [0.25, 0.3) is 5.56 Å². The number of hydrogen-bond acceptors (Lipinski definition) is 7. The Morgan fingerprint density at radius 3 is 2.56 bits per heavy atom. The first kappa shape index (κ1) is 24.9. The van der Waals surface area contributed by atoms with E-state index in [0.29, 0.717) is 41.9 Å². The first-order chi connectivity index (χ1) is 17.3. The first-order valence-corrected chi connectivity index (χ1v) is 14.1. The Hall–Kier alpha value is -2.76. The van der Waals surface area contributed by atoms with Gasteiger partial charge in [0.1, 0.15) is 11.6 Å². The van der Waals surface area contributed by atoms with Gasteiger partial charge in [-0.1, -0.05) is 25.7 Å². The monoisotopic (exact) mass is 515 g/mol. The lowest BCUT2D eigenvalue weighted by Gasteiger charge is -2.29. The third-order valence-corrected chi connectivity index (χ3v) is 9.21. The Morgan fingerprint density at radius 2 is 1.86 bits per heavy atom. The first-order valence-electron chi connectivity index (χ1n) is 12.7. The van der Waals surface area contributed by atoms with Gasteiger partial charge in [0.2, 0.25) is 10.0 Å². The zero-order chi connectivity index (χ0) is 25.4. The van der Waals surface area contributed by atoms with Crippen LogP contribution in [0.1, 0.15) is 68.8 Å². The van der Waals surface area contributed by atoms with Gasteiger partial charge in [-0.3, -0.25) is 4.79 Å². The molecule has 2 fully saturated rings. The van der Waals surface area contributed by atoms with Gasteiger partial charge in [0.05, 0.1) is 29.4 Å². The Bertz CT molecular complexity index is 1420. The van der Waals surface area contributed by atoms with Crippen molar-refractivity contribution in [3.63, 3.8) is 0 Å². The van der Waals surface area contributed by atoms with Crippen LogP contribution in [0.15, 0.2) is 27.9 Å². The molecule has 5 rings (SSSR count). The predicted octanol–water partition coefficient (Wildman–Crippen LogP) is 2.98. The van der Waals surface area contributed by atoms with E-state index in [-0.39, 0.29) is 28.7 Å². The van der Waals surface area contributed by atoms with E-state index in [9.17, 15) is 18.3 Å². The zero-order valence-electron chi connectivity index (χ0n) is 20.7. The largest absolute Gasteiger partial charge is 0.496 e. The molecule has 36 heavy (non-hydrogen) atoms. The van der Waals surface area contributed by atoms with Crippen LogP contribution in [0.4, 0.5) is 0 Å². The fourth-order valence-corrected chi connectivity index (χ4v) is 6.98. The lowest BCUT2D eigenvalue weighted by molar-refractivity contribution is 0.108. The van der Waals surface area contributed by atoms with E-state index in [1.807, 2.05) is 6.92 Å². The number of imidazole rings is 1. The molecule has 2 N–H and O–H groups in total. The number of aromatic nitrogens is 4. The van der Waals surface area contributed by atoms with Crippen LogP contribution in [-0.4, -0.2) is 63.7 Å². The molecule has 1 aliphatic heterocycles. The lowest BCUT2D eigenvalue weighted by atomic mass is 10.00. The molecule has 0 radical (unpaired) electrons. The van der Waals surface area contributed by atoms with Crippen LogP contribution < -0.4 is 10.3 Å². The van der Waals surface area contributed by atoms with E-state index in [4.69, 9.17) is 14.8 Å². The molecule has 1 aliphatic carbocycles. The number of aliphatic hydroxyl groups is 1. The summed E-state index contributed by atoms with van der Waals surface area (Å²) in [6.45, 7) is 2.22. The third kappa shape index (κ3) is 4.55. The number of fused-ring (bicyclic) bond motifs is 1. The Labute approximate surface area is 210 Å². The molecular formula is C25H33N5O5S. The van der Waals surface area contributed by atoms with Gasteiger partial charge in [-0.15, -0.1) is 5.10 Å². The molecule has 1 atom stereocenters. The van der Waals surface area contributed by atoms with Crippen LogP contribution in [0.2, 0.25) is 0 Å². The number of ether oxygens (including phenoxy) is 1. The zero-order valence-corrected chi connectivity index (χ0v) is 21.6. The third-order valence-electron chi connectivity index (χ3n) is 7.34. The van der Waals surface area contributed by atoms with Crippen molar-refractivity contribution in [2.45, 2.75) is 75.2 Å². The molecule has 10 nitrogen and oxygen atoms in total. The fourth-order valence-electron chi connectivity index (χ4n) is 5.44. The molecule has 2 aliphatic rings. The van der Waals surface area contributed by atoms with Crippen molar-refractivity contribution in [3.8, 4) is 17.1 Å². The number of methoxy groups -OCH3 is 1. The second-order valence-electron chi connectivity index (χ2n) is 9.83. The van der Waals surface area contributed by atoms with Crippen molar-refractivity contribution in [1.29, 1.82) is 0 Å². The molecule has 0 bridgehead atoms. The molecule has 11 heteroatoms. The standard InChI is InChI=1S/C25H33N5O5S/c1-16-22-25(32)27-23(28-30(22)24(26-16)17-8-5-3-4-6-9-17)20-14-19(11-12-21(20)35-2)36(33,34)29-13-7-10-18(31)15-29/h11-12,14,17-18,31H,3-10,13,15H2,1-2H3,(H,27,28,32). The van der Waals surface area contributed by atoms with E-state index >= 15 is 0 Å². The average molecular weight is 516 g/mol. The Kier molecular flexibility index (Phi) is 6.88. The minimum absolute atomic E-state index is 0.0564. The van der Waals surface area contributed by atoms with Crippen LogP contribution in [0.5, 0.6) is 5.75 Å². The van der Waals surface area contributed by atoms with Crippen LogP contribution in [0.25, 0.3) is 16.9 Å². The fraction of sp³-hybridized carbons (Fsp3) is 0.560. The maximum Gasteiger partial charge on any atom is 0.277 e. The summed E-state index contributed by atoms with van der Waals surface area (Å²) < 4.78 is 35.2. The minimum Gasteiger partial charge on any atom is -0.496 e. The molecule has 1 unspecified atom stereocenters. The number of nitrogens with zero attached hydrogens (tertiary/aromatic N) is 4. The molecule has 194 valence electrons. The van der Waals surface area contributed by atoms with Crippen LogP contribution in [-0.2, 0) is 10.0 Å². The van der Waals surface area contributed by atoms with Gasteiger partial charge < -0.3 is 14.8 Å².